The Bertz CT molecular complexity index is 1410. The lowest BCUT2D eigenvalue weighted by Gasteiger charge is -2.36. The molecule has 1 saturated heterocycles. The van der Waals surface area contributed by atoms with E-state index in [1.807, 2.05) is 12.1 Å². The first kappa shape index (κ1) is 21.3. The number of aromatic nitrogens is 2. The molecule has 0 unspecified atom stereocenters. The van der Waals surface area contributed by atoms with E-state index < -0.39 is 0 Å². The maximum Gasteiger partial charge on any atom is 0.0504 e. The number of aromatic amines is 1. The fraction of sp³-hybridized carbons (Fsp3) is 0.241. The molecule has 3 heterocycles. The second kappa shape index (κ2) is 9.21. The van der Waals surface area contributed by atoms with Crippen LogP contribution in [-0.2, 0) is 13.0 Å². The van der Waals surface area contributed by atoms with E-state index in [-0.39, 0.29) is 0 Å². The molecule has 172 valence electrons. The minimum absolute atomic E-state index is 0.780. The summed E-state index contributed by atoms with van der Waals surface area (Å²) in [6.45, 7) is 6.30. The number of hydrogen-bond donors (Lipinski definition) is 1. The second-order valence-corrected chi connectivity index (χ2v) is 9.66. The number of halogens is 1. The van der Waals surface area contributed by atoms with E-state index >= 15 is 0 Å². The predicted molar refractivity (Wildman–Crippen MR) is 143 cm³/mol. The van der Waals surface area contributed by atoms with Crippen LogP contribution in [0, 0.1) is 0 Å². The van der Waals surface area contributed by atoms with Crippen LogP contribution < -0.4 is 4.90 Å². The quantitative estimate of drug-likeness (QED) is 0.321. The van der Waals surface area contributed by atoms with Gasteiger partial charge in [-0.1, -0.05) is 54.1 Å². The average Bonchev–Trinajstić information content (AvgIpc) is 3.47. The van der Waals surface area contributed by atoms with E-state index in [9.17, 15) is 0 Å². The summed E-state index contributed by atoms with van der Waals surface area (Å²) in [6, 6.07) is 25.8. The largest absolute Gasteiger partial charge is 0.368 e. The van der Waals surface area contributed by atoms with E-state index in [0.29, 0.717) is 0 Å². The third-order valence-electron chi connectivity index (χ3n) is 7.13. The lowest BCUT2D eigenvalue weighted by Crippen LogP contribution is -2.47. The van der Waals surface area contributed by atoms with E-state index in [1.54, 1.807) is 0 Å². The van der Waals surface area contributed by atoms with Crippen molar-refractivity contribution in [1.82, 2.24) is 14.5 Å². The van der Waals surface area contributed by atoms with Crippen LogP contribution in [-0.4, -0.2) is 47.2 Å². The molecule has 0 radical (unpaired) electrons. The fourth-order valence-corrected chi connectivity index (χ4v) is 5.43. The van der Waals surface area contributed by atoms with Gasteiger partial charge in [0.1, 0.15) is 0 Å². The highest BCUT2D eigenvalue weighted by atomic mass is 35.5. The maximum absolute atomic E-state index is 6.13. The molecule has 1 N–H and O–H groups in total. The molecule has 5 aromatic rings. The van der Waals surface area contributed by atoms with Crippen molar-refractivity contribution in [2.24, 2.45) is 0 Å². The minimum atomic E-state index is 0.780. The summed E-state index contributed by atoms with van der Waals surface area (Å²) in [4.78, 5) is 8.51. The lowest BCUT2D eigenvalue weighted by atomic mass is 10.1. The normalized spacial score (nSPS) is 14.9. The molecule has 0 atom stereocenters. The van der Waals surface area contributed by atoms with E-state index in [0.717, 1.165) is 56.2 Å². The molecule has 0 saturated carbocycles. The highest BCUT2D eigenvalue weighted by molar-refractivity contribution is 6.31. The number of anilines is 1. The van der Waals surface area contributed by atoms with Crippen molar-refractivity contribution in [3.63, 3.8) is 0 Å². The summed E-state index contributed by atoms with van der Waals surface area (Å²) in [5.41, 5.74) is 6.50. The van der Waals surface area contributed by atoms with Gasteiger partial charge in [-0.3, -0.25) is 4.90 Å². The second-order valence-electron chi connectivity index (χ2n) is 9.22. The first-order valence-corrected chi connectivity index (χ1v) is 12.5. The van der Waals surface area contributed by atoms with Crippen molar-refractivity contribution in [3.8, 4) is 0 Å². The van der Waals surface area contributed by atoms with Crippen LogP contribution in [0.15, 0.2) is 85.2 Å². The first-order chi connectivity index (χ1) is 16.7. The number of fused-ring (bicyclic) bond motifs is 2. The van der Waals surface area contributed by atoms with Crippen molar-refractivity contribution in [2.75, 3.05) is 37.6 Å². The van der Waals surface area contributed by atoms with Gasteiger partial charge in [0.2, 0.25) is 0 Å². The van der Waals surface area contributed by atoms with Crippen LogP contribution >= 0.6 is 11.6 Å². The van der Waals surface area contributed by atoms with Crippen LogP contribution in [0.2, 0.25) is 5.02 Å². The molecule has 1 aliphatic heterocycles. The Labute approximate surface area is 205 Å². The van der Waals surface area contributed by atoms with Gasteiger partial charge < -0.3 is 14.5 Å². The fourth-order valence-electron chi connectivity index (χ4n) is 5.26. The zero-order valence-electron chi connectivity index (χ0n) is 19.3. The Morgan fingerprint density at radius 1 is 0.824 bits per heavy atom. The van der Waals surface area contributed by atoms with Gasteiger partial charge in [0.15, 0.2) is 0 Å². The summed E-state index contributed by atoms with van der Waals surface area (Å²) >= 11 is 6.13. The molecule has 0 spiro atoms. The van der Waals surface area contributed by atoms with Crippen molar-refractivity contribution in [2.45, 2.75) is 13.0 Å². The van der Waals surface area contributed by atoms with E-state index in [2.05, 4.69) is 92.4 Å². The SMILES string of the molecule is Clc1ccc2c(CCN3CCN(c4cccc5c4ccn5Cc4ccccc4)CC3)c[nH]c2c1. The van der Waals surface area contributed by atoms with Crippen LogP contribution in [0.3, 0.4) is 0 Å². The van der Waals surface area contributed by atoms with Gasteiger partial charge in [-0.25, -0.2) is 0 Å². The van der Waals surface area contributed by atoms with Crippen molar-refractivity contribution in [3.05, 3.63) is 101 Å². The molecule has 4 nitrogen and oxygen atoms in total. The monoisotopic (exact) mass is 468 g/mol. The Balaban J connectivity index is 1.11. The number of nitrogens with zero attached hydrogens (tertiary/aromatic N) is 3. The van der Waals surface area contributed by atoms with Crippen LogP contribution in [0.25, 0.3) is 21.8 Å². The predicted octanol–water partition coefficient (Wildman–Crippen LogP) is 6.19. The summed E-state index contributed by atoms with van der Waals surface area (Å²) < 4.78 is 2.36. The van der Waals surface area contributed by atoms with Gasteiger partial charge in [-0.05, 0) is 47.9 Å². The number of hydrogen-bond acceptors (Lipinski definition) is 2. The zero-order chi connectivity index (χ0) is 22.9. The summed E-state index contributed by atoms with van der Waals surface area (Å²) in [5, 5.41) is 3.42. The standard InChI is InChI=1S/C29H29ClN4/c30-24-9-10-25-23(20-31-27(25)19-24)11-13-32-15-17-33(18-16-32)28-7-4-8-29-26(28)12-14-34(29)21-22-5-2-1-3-6-22/h1-10,12,14,19-20,31H,11,13,15-18,21H2. The van der Waals surface area contributed by atoms with Crippen LogP contribution in [0.4, 0.5) is 5.69 Å². The number of piperazine rings is 1. The molecule has 34 heavy (non-hydrogen) atoms. The molecule has 0 bridgehead atoms. The van der Waals surface area contributed by atoms with Crippen LogP contribution in [0.1, 0.15) is 11.1 Å². The highest BCUT2D eigenvalue weighted by Gasteiger charge is 2.19. The molecule has 2 aromatic heterocycles. The molecule has 6 rings (SSSR count). The molecule has 1 fully saturated rings. The Hall–Kier alpha value is -3.21. The Morgan fingerprint density at radius 2 is 1.68 bits per heavy atom. The molecule has 1 aliphatic rings. The third-order valence-corrected chi connectivity index (χ3v) is 7.36. The van der Waals surface area contributed by atoms with Crippen molar-refractivity contribution >= 4 is 39.1 Å². The summed E-state index contributed by atoms with van der Waals surface area (Å²) in [7, 11) is 0. The Morgan fingerprint density at radius 3 is 2.53 bits per heavy atom. The molecular weight excluding hydrogens is 440 g/mol. The molecule has 0 amide bonds. The van der Waals surface area contributed by atoms with Gasteiger partial charge >= 0.3 is 0 Å². The molecule has 5 heteroatoms. The maximum atomic E-state index is 6.13. The van der Waals surface area contributed by atoms with E-state index in [1.165, 1.54) is 33.1 Å². The minimum Gasteiger partial charge on any atom is -0.368 e. The average molecular weight is 469 g/mol. The van der Waals surface area contributed by atoms with E-state index in [4.69, 9.17) is 11.6 Å². The Kier molecular flexibility index (Phi) is 5.78. The number of H-pyrrole nitrogens is 1. The highest BCUT2D eigenvalue weighted by Crippen LogP contribution is 2.29. The number of benzene rings is 3. The lowest BCUT2D eigenvalue weighted by molar-refractivity contribution is 0.261. The molecule has 0 aliphatic carbocycles. The first-order valence-electron chi connectivity index (χ1n) is 12.1. The summed E-state index contributed by atoms with van der Waals surface area (Å²) in [6.07, 6.45) is 5.42. The number of nitrogens with one attached hydrogen (secondary N) is 1. The zero-order valence-corrected chi connectivity index (χ0v) is 20.0. The van der Waals surface area contributed by atoms with Crippen molar-refractivity contribution in [1.29, 1.82) is 0 Å². The van der Waals surface area contributed by atoms with Crippen molar-refractivity contribution < 1.29 is 0 Å². The molecule has 3 aromatic carbocycles. The topological polar surface area (TPSA) is 27.2 Å². The smallest absolute Gasteiger partial charge is 0.0504 e. The van der Waals surface area contributed by atoms with Gasteiger partial charge in [0, 0.05) is 78.7 Å². The molecular formula is C29H29ClN4. The van der Waals surface area contributed by atoms with Gasteiger partial charge in [-0.15, -0.1) is 0 Å². The third kappa shape index (κ3) is 4.20. The number of rotatable bonds is 6. The van der Waals surface area contributed by atoms with Gasteiger partial charge in [0.25, 0.3) is 0 Å². The van der Waals surface area contributed by atoms with Gasteiger partial charge in [-0.2, -0.15) is 0 Å². The van der Waals surface area contributed by atoms with Crippen LogP contribution in [0.5, 0.6) is 0 Å². The van der Waals surface area contributed by atoms with Gasteiger partial charge in [0.05, 0.1) is 5.52 Å². The summed E-state index contributed by atoms with van der Waals surface area (Å²) in [5.74, 6) is 0.